The molecule has 1 aromatic heterocycles. The third kappa shape index (κ3) is 2.72. The van der Waals surface area contributed by atoms with Gasteiger partial charge >= 0.3 is 0 Å². The zero-order valence-electron chi connectivity index (χ0n) is 9.30. The zero-order valence-corrected chi connectivity index (χ0v) is 10.1. The summed E-state index contributed by atoms with van der Waals surface area (Å²) in [4.78, 5) is 8.10. The average molecular weight is 250 g/mol. The number of aromatic nitrogens is 2. The van der Waals surface area contributed by atoms with Crippen LogP contribution in [0.4, 0.5) is 0 Å². The maximum atomic E-state index is 6.07. The fourth-order valence-corrected chi connectivity index (χ4v) is 1.64. The number of ether oxygens (including phenoxy) is 1. The Labute approximate surface area is 104 Å². The van der Waals surface area contributed by atoms with E-state index in [0.717, 1.165) is 11.3 Å². The van der Waals surface area contributed by atoms with Crippen molar-refractivity contribution in [2.75, 3.05) is 7.11 Å². The lowest BCUT2D eigenvalue weighted by Crippen LogP contribution is -2.13. The number of hydrogen-bond acceptors (Lipinski definition) is 4. The third-order valence-corrected chi connectivity index (χ3v) is 2.60. The first-order chi connectivity index (χ1) is 8.20. The molecule has 0 bridgehead atoms. The molecule has 1 unspecified atom stereocenters. The molecular weight excluding hydrogens is 238 g/mol. The maximum Gasteiger partial charge on any atom is 0.147 e. The second-order valence-corrected chi connectivity index (χ2v) is 3.90. The summed E-state index contributed by atoms with van der Waals surface area (Å²) < 4.78 is 5.08. The topological polar surface area (TPSA) is 61.0 Å². The lowest BCUT2D eigenvalue weighted by molar-refractivity contribution is 0.414. The van der Waals surface area contributed by atoms with Gasteiger partial charge in [-0.1, -0.05) is 23.7 Å². The molecular formula is C12H12ClN3O. The number of benzene rings is 1. The first-order valence-electron chi connectivity index (χ1n) is 5.07. The van der Waals surface area contributed by atoms with Gasteiger partial charge in [0.15, 0.2) is 0 Å². The number of rotatable bonds is 3. The molecule has 0 amide bonds. The minimum atomic E-state index is -0.341. The lowest BCUT2D eigenvalue weighted by atomic mass is 10.1. The van der Waals surface area contributed by atoms with Crippen molar-refractivity contribution >= 4 is 11.6 Å². The molecule has 2 aromatic rings. The molecule has 0 saturated heterocycles. The van der Waals surface area contributed by atoms with Crippen molar-refractivity contribution in [3.63, 3.8) is 0 Å². The molecule has 0 saturated carbocycles. The van der Waals surface area contributed by atoms with Crippen molar-refractivity contribution in [1.82, 2.24) is 9.97 Å². The summed E-state index contributed by atoms with van der Waals surface area (Å²) in [6.45, 7) is 0. The van der Waals surface area contributed by atoms with Gasteiger partial charge < -0.3 is 10.5 Å². The molecule has 2 N–H and O–H groups in total. The van der Waals surface area contributed by atoms with E-state index in [0.29, 0.717) is 10.8 Å². The summed E-state index contributed by atoms with van der Waals surface area (Å²) >= 11 is 5.77. The Morgan fingerprint density at radius 1 is 1.24 bits per heavy atom. The Morgan fingerprint density at radius 2 is 1.94 bits per heavy atom. The molecule has 0 aliphatic carbocycles. The highest BCUT2D eigenvalue weighted by Gasteiger charge is 2.11. The standard InChI is InChI=1S/C12H12ClN3O/c1-17-9-4-2-8(3-5-9)12(14)10-6-15-7-11(13)16-10/h2-7,12H,14H2,1H3. The van der Waals surface area contributed by atoms with Crippen LogP contribution in [0.1, 0.15) is 17.3 Å². The molecule has 0 aliphatic heterocycles. The Hall–Kier alpha value is -1.65. The summed E-state index contributed by atoms with van der Waals surface area (Å²) in [6, 6.07) is 7.16. The van der Waals surface area contributed by atoms with Crippen LogP contribution in [-0.2, 0) is 0 Å². The van der Waals surface area contributed by atoms with Crippen LogP contribution in [0.25, 0.3) is 0 Å². The lowest BCUT2D eigenvalue weighted by Gasteiger charge is -2.11. The second kappa shape index (κ2) is 5.12. The van der Waals surface area contributed by atoms with Crippen molar-refractivity contribution in [2.24, 2.45) is 5.73 Å². The van der Waals surface area contributed by atoms with Crippen LogP contribution in [0.2, 0.25) is 5.15 Å². The summed E-state index contributed by atoms with van der Waals surface area (Å²) in [5.41, 5.74) is 7.65. The van der Waals surface area contributed by atoms with Gasteiger partial charge in [0.1, 0.15) is 10.9 Å². The molecule has 5 heteroatoms. The highest BCUT2D eigenvalue weighted by molar-refractivity contribution is 6.29. The highest BCUT2D eigenvalue weighted by atomic mass is 35.5. The van der Waals surface area contributed by atoms with Gasteiger partial charge in [0, 0.05) is 0 Å². The van der Waals surface area contributed by atoms with Gasteiger partial charge in [-0.15, -0.1) is 0 Å². The Bertz CT molecular complexity index is 501. The molecule has 0 fully saturated rings. The van der Waals surface area contributed by atoms with Crippen molar-refractivity contribution < 1.29 is 4.74 Å². The second-order valence-electron chi connectivity index (χ2n) is 3.52. The third-order valence-electron chi connectivity index (χ3n) is 2.42. The van der Waals surface area contributed by atoms with Gasteiger partial charge in [0.2, 0.25) is 0 Å². The van der Waals surface area contributed by atoms with Gasteiger partial charge in [-0.3, -0.25) is 4.98 Å². The molecule has 1 heterocycles. The van der Waals surface area contributed by atoms with Crippen LogP contribution in [-0.4, -0.2) is 17.1 Å². The van der Waals surface area contributed by atoms with Crippen LogP contribution in [0, 0.1) is 0 Å². The number of methoxy groups -OCH3 is 1. The van der Waals surface area contributed by atoms with Gasteiger partial charge in [0.25, 0.3) is 0 Å². The Morgan fingerprint density at radius 3 is 2.53 bits per heavy atom. The fraction of sp³-hybridized carbons (Fsp3) is 0.167. The normalized spacial score (nSPS) is 12.2. The minimum absolute atomic E-state index is 0.339. The van der Waals surface area contributed by atoms with Crippen LogP contribution >= 0.6 is 11.6 Å². The molecule has 4 nitrogen and oxygen atoms in total. The van der Waals surface area contributed by atoms with Crippen LogP contribution < -0.4 is 10.5 Å². The molecule has 1 aromatic carbocycles. The van der Waals surface area contributed by atoms with E-state index in [1.165, 1.54) is 6.20 Å². The summed E-state index contributed by atoms with van der Waals surface area (Å²) in [5, 5.41) is 0.339. The molecule has 1 atom stereocenters. The Kier molecular flexibility index (Phi) is 3.56. The van der Waals surface area contributed by atoms with Gasteiger partial charge in [0.05, 0.1) is 31.2 Å². The summed E-state index contributed by atoms with van der Waals surface area (Å²) in [5.74, 6) is 0.790. The number of nitrogens with two attached hydrogens (primary N) is 1. The molecule has 2 rings (SSSR count). The monoisotopic (exact) mass is 249 g/mol. The van der Waals surface area contributed by atoms with E-state index in [-0.39, 0.29) is 6.04 Å². The van der Waals surface area contributed by atoms with Gasteiger partial charge in [-0.2, -0.15) is 0 Å². The Balaban J connectivity index is 2.27. The van der Waals surface area contributed by atoms with Crippen molar-refractivity contribution in [3.8, 4) is 5.75 Å². The molecule has 0 radical (unpaired) electrons. The number of nitrogens with zero attached hydrogens (tertiary/aromatic N) is 2. The van der Waals surface area contributed by atoms with Crippen molar-refractivity contribution in [1.29, 1.82) is 0 Å². The summed E-state index contributed by atoms with van der Waals surface area (Å²) in [6.07, 6.45) is 3.09. The SMILES string of the molecule is COc1ccc(C(N)c2cncc(Cl)n2)cc1. The van der Waals surface area contributed by atoms with Crippen LogP contribution in [0.5, 0.6) is 5.75 Å². The highest BCUT2D eigenvalue weighted by Crippen LogP contribution is 2.20. The first-order valence-corrected chi connectivity index (χ1v) is 5.45. The van der Waals surface area contributed by atoms with E-state index in [9.17, 15) is 0 Å². The molecule has 0 aliphatic rings. The van der Waals surface area contributed by atoms with Crippen LogP contribution in [0.3, 0.4) is 0 Å². The van der Waals surface area contributed by atoms with Crippen LogP contribution in [0.15, 0.2) is 36.7 Å². The number of hydrogen-bond donors (Lipinski definition) is 1. The molecule has 17 heavy (non-hydrogen) atoms. The largest absolute Gasteiger partial charge is 0.497 e. The van der Waals surface area contributed by atoms with E-state index in [1.807, 2.05) is 24.3 Å². The van der Waals surface area contributed by atoms with Crippen molar-refractivity contribution in [2.45, 2.75) is 6.04 Å². The maximum absolute atomic E-state index is 6.07. The first kappa shape index (κ1) is 11.8. The number of halogens is 1. The smallest absolute Gasteiger partial charge is 0.147 e. The molecule has 0 spiro atoms. The predicted molar refractivity (Wildman–Crippen MR) is 66.1 cm³/mol. The van der Waals surface area contributed by atoms with Gasteiger partial charge in [-0.25, -0.2) is 4.98 Å². The zero-order chi connectivity index (χ0) is 12.3. The van der Waals surface area contributed by atoms with E-state index in [4.69, 9.17) is 22.1 Å². The van der Waals surface area contributed by atoms with Crippen molar-refractivity contribution in [3.05, 3.63) is 53.1 Å². The van der Waals surface area contributed by atoms with E-state index >= 15 is 0 Å². The predicted octanol–water partition coefficient (Wildman–Crippen LogP) is 2.19. The quantitative estimate of drug-likeness (QED) is 0.906. The molecule has 88 valence electrons. The average Bonchev–Trinajstić information content (AvgIpc) is 2.38. The fourth-order valence-electron chi connectivity index (χ4n) is 1.49. The summed E-state index contributed by atoms with van der Waals surface area (Å²) in [7, 11) is 1.62. The minimum Gasteiger partial charge on any atom is -0.497 e. The van der Waals surface area contributed by atoms with Gasteiger partial charge in [-0.05, 0) is 17.7 Å². The van der Waals surface area contributed by atoms with E-state index in [1.54, 1.807) is 13.3 Å². The van der Waals surface area contributed by atoms with E-state index in [2.05, 4.69) is 9.97 Å². The van der Waals surface area contributed by atoms with E-state index < -0.39 is 0 Å².